The minimum atomic E-state index is -1.76. The summed E-state index contributed by atoms with van der Waals surface area (Å²) in [5.41, 5.74) is 2.60. The number of rotatable bonds is 3. The van der Waals surface area contributed by atoms with Gasteiger partial charge in [0.1, 0.15) is 8.07 Å². The van der Waals surface area contributed by atoms with Crippen molar-refractivity contribution in [2.45, 2.75) is 45.2 Å². The van der Waals surface area contributed by atoms with Crippen LogP contribution in [0, 0.1) is 0 Å². The third kappa shape index (κ3) is 2.85. The fourth-order valence-electron chi connectivity index (χ4n) is 4.58. The van der Waals surface area contributed by atoms with E-state index in [9.17, 15) is 0 Å². The molecule has 0 radical (unpaired) electrons. The maximum Gasteiger partial charge on any atom is 0.120 e. The Balaban J connectivity index is 1.89. The zero-order valence-electron chi connectivity index (χ0n) is 15.5. The first-order valence-electron chi connectivity index (χ1n) is 9.69. The molecule has 2 heterocycles. The topological polar surface area (TPSA) is 15.6 Å². The Hall–Kier alpha value is -1.87. The smallest absolute Gasteiger partial charge is 0.120 e. The first-order valence-corrected chi connectivity index (χ1v) is 12.4. The molecule has 1 fully saturated rings. The van der Waals surface area contributed by atoms with Crippen molar-refractivity contribution in [2.24, 2.45) is 4.99 Å². The summed E-state index contributed by atoms with van der Waals surface area (Å²) >= 11 is 0. The van der Waals surface area contributed by atoms with E-state index in [0.29, 0.717) is 0 Å². The summed E-state index contributed by atoms with van der Waals surface area (Å²) in [7, 11) is -1.76. The standard InChI is InChI=1S/C22H28N2Si/c1-4-14-25(3)21-15-17(2)8-10-19(21)23-20-11-9-18(16-22(20)25)24-12-6-5-7-13-24/h8-11,15-16H,2,4-7,12-14H2,1,3H3. The summed E-state index contributed by atoms with van der Waals surface area (Å²) in [6.07, 6.45) is 5.23. The Morgan fingerprint density at radius 2 is 1.84 bits per heavy atom. The fourth-order valence-corrected chi connectivity index (χ4v) is 8.79. The minimum absolute atomic E-state index is 1.11. The summed E-state index contributed by atoms with van der Waals surface area (Å²) < 4.78 is 0. The second kappa shape index (κ2) is 6.45. The first kappa shape index (κ1) is 16.6. The summed E-state index contributed by atoms with van der Waals surface area (Å²) in [4.78, 5) is 7.57. The lowest BCUT2D eigenvalue weighted by atomic mass is 10.1. The van der Waals surface area contributed by atoms with Crippen molar-refractivity contribution in [1.29, 1.82) is 0 Å². The normalized spacial score (nSPS) is 22.1. The molecule has 2 aromatic carbocycles. The summed E-state index contributed by atoms with van der Waals surface area (Å²) in [5, 5.41) is 5.29. The summed E-state index contributed by atoms with van der Waals surface area (Å²) in [5.74, 6) is 0. The van der Waals surface area contributed by atoms with Crippen LogP contribution in [0.15, 0.2) is 41.4 Å². The molecule has 2 aromatic rings. The number of nitrogens with zero attached hydrogens (tertiary/aromatic N) is 2. The monoisotopic (exact) mass is 348 g/mol. The van der Waals surface area contributed by atoms with E-state index < -0.39 is 8.07 Å². The van der Waals surface area contributed by atoms with E-state index in [-0.39, 0.29) is 0 Å². The molecule has 25 heavy (non-hydrogen) atoms. The summed E-state index contributed by atoms with van der Waals surface area (Å²) in [6.45, 7) is 11.4. The van der Waals surface area contributed by atoms with Gasteiger partial charge in [0.05, 0.1) is 11.0 Å². The number of hydrogen-bond acceptors (Lipinski definition) is 2. The Morgan fingerprint density at radius 3 is 2.60 bits per heavy atom. The van der Waals surface area contributed by atoms with Crippen molar-refractivity contribution in [2.75, 3.05) is 18.0 Å². The highest BCUT2D eigenvalue weighted by atomic mass is 28.3. The van der Waals surface area contributed by atoms with Crippen LogP contribution in [-0.2, 0) is 0 Å². The first-order chi connectivity index (χ1) is 12.1. The number of benzene rings is 2. The Bertz CT molecular complexity index is 899. The van der Waals surface area contributed by atoms with Crippen molar-refractivity contribution in [3.8, 4) is 0 Å². The molecule has 0 N–H and O–H groups in total. The molecule has 0 aliphatic carbocycles. The Labute approximate surface area is 151 Å². The average molecular weight is 349 g/mol. The van der Waals surface area contributed by atoms with Crippen LogP contribution in [0.1, 0.15) is 32.6 Å². The van der Waals surface area contributed by atoms with Gasteiger partial charge in [-0.25, -0.2) is 4.99 Å². The van der Waals surface area contributed by atoms with Crippen molar-refractivity contribution in [1.82, 2.24) is 0 Å². The molecule has 1 atom stereocenters. The van der Waals surface area contributed by atoms with Crippen molar-refractivity contribution in [3.63, 3.8) is 0 Å². The van der Waals surface area contributed by atoms with E-state index in [4.69, 9.17) is 4.99 Å². The highest BCUT2D eigenvalue weighted by Gasteiger charge is 2.37. The SMILES string of the molecule is C=c1ccc2c(c1)[Si](C)(CCC)c1cc(N3CCCCC3)ccc1N=2. The van der Waals surface area contributed by atoms with Crippen LogP contribution in [-0.4, -0.2) is 21.2 Å². The third-order valence-electron chi connectivity index (χ3n) is 5.94. The van der Waals surface area contributed by atoms with Gasteiger partial charge in [0.2, 0.25) is 0 Å². The van der Waals surface area contributed by atoms with Crippen LogP contribution in [0.2, 0.25) is 12.6 Å². The van der Waals surface area contributed by atoms with Crippen LogP contribution in [0.25, 0.3) is 6.58 Å². The molecule has 1 saturated heterocycles. The lowest BCUT2D eigenvalue weighted by Crippen LogP contribution is -2.63. The molecular weight excluding hydrogens is 320 g/mol. The van der Waals surface area contributed by atoms with Crippen LogP contribution in [0.3, 0.4) is 0 Å². The number of fused-ring (bicyclic) bond motifs is 2. The molecule has 0 saturated carbocycles. The van der Waals surface area contributed by atoms with Gasteiger partial charge in [0.25, 0.3) is 0 Å². The molecule has 130 valence electrons. The van der Waals surface area contributed by atoms with Gasteiger partial charge in [0, 0.05) is 18.8 Å². The minimum Gasteiger partial charge on any atom is -0.372 e. The largest absolute Gasteiger partial charge is 0.372 e. The van der Waals surface area contributed by atoms with Gasteiger partial charge in [-0.05, 0) is 65.2 Å². The van der Waals surface area contributed by atoms with E-state index in [2.05, 4.69) is 61.3 Å². The molecule has 0 bridgehead atoms. The summed E-state index contributed by atoms with van der Waals surface area (Å²) in [6, 6.07) is 14.9. The zero-order valence-corrected chi connectivity index (χ0v) is 16.5. The second-order valence-electron chi connectivity index (χ2n) is 7.79. The highest BCUT2D eigenvalue weighted by molar-refractivity contribution is 7.02. The van der Waals surface area contributed by atoms with E-state index in [0.717, 1.165) is 5.22 Å². The Kier molecular flexibility index (Phi) is 4.28. The molecule has 2 aliphatic heterocycles. The highest BCUT2D eigenvalue weighted by Crippen LogP contribution is 2.27. The van der Waals surface area contributed by atoms with Crippen LogP contribution in [0.4, 0.5) is 11.4 Å². The third-order valence-corrected chi connectivity index (χ3v) is 10.6. The van der Waals surface area contributed by atoms with Gasteiger partial charge < -0.3 is 4.90 Å². The molecule has 0 spiro atoms. The quantitative estimate of drug-likeness (QED) is 0.779. The molecule has 0 amide bonds. The maximum atomic E-state index is 5.00. The van der Waals surface area contributed by atoms with Crippen molar-refractivity contribution >= 4 is 36.4 Å². The van der Waals surface area contributed by atoms with Crippen molar-refractivity contribution < 1.29 is 0 Å². The number of anilines is 1. The molecular formula is C22H28N2Si. The van der Waals surface area contributed by atoms with E-state index in [1.165, 1.54) is 71.9 Å². The Morgan fingerprint density at radius 1 is 1.04 bits per heavy atom. The maximum absolute atomic E-state index is 5.00. The lowest BCUT2D eigenvalue weighted by Gasteiger charge is -2.35. The van der Waals surface area contributed by atoms with Gasteiger partial charge in [-0.2, -0.15) is 0 Å². The molecule has 0 aromatic heterocycles. The van der Waals surface area contributed by atoms with Gasteiger partial charge in [-0.15, -0.1) is 0 Å². The van der Waals surface area contributed by atoms with Gasteiger partial charge in [-0.1, -0.05) is 38.6 Å². The van der Waals surface area contributed by atoms with Crippen molar-refractivity contribution in [3.05, 3.63) is 47.0 Å². The lowest BCUT2D eigenvalue weighted by molar-refractivity contribution is 0.578. The molecule has 2 aliphatic rings. The zero-order chi connectivity index (χ0) is 17.4. The predicted octanol–water partition coefficient (Wildman–Crippen LogP) is 2.95. The average Bonchev–Trinajstić information content (AvgIpc) is 2.64. The van der Waals surface area contributed by atoms with Gasteiger partial charge in [0.15, 0.2) is 0 Å². The molecule has 4 rings (SSSR count). The van der Waals surface area contributed by atoms with E-state index in [1.807, 2.05) is 0 Å². The number of piperidine rings is 1. The van der Waals surface area contributed by atoms with Crippen LogP contribution in [0.5, 0.6) is 0 Å². The van der Waals surface area contributed by atoms with Crippen LogP contribution >= 0.6 is 0 Å². The fraction of sp³-hybridized carbons (Fsp3) is 0.409. The van der Waals surface area contributed by atoms with E-state index in [1.54, 1.807) is 0 Å². The van der Waals surface area contributed by atoms with E-state index >= 15 is 0 Å². The molecule has 1 unspecified atom stereocenters. The van der Waals surface area contributed by atoms with Crippen LogP contribution < -0.4 is 25.8 Å². The molecule has 2 nitrogen and oxygen atoms in total. The van der Waals surface area contributed by atoms with Gasteiger partial charge >= 0.3 is 0 Å². The van der Waals surface area contributed by atoms with Gasteiger partial charge in [-0.3, -0.25) is 0 Å². The number of hydrogen-bond donors (Lipinski definition) is 0. The molecule has 3 heteroatoms. The second-order valence-corrected chi connectivity index (χ2v) is 12.0. The predicted molar refractivity (Wildman–Crippen MR) is 111 cm³/mol.